The highest BCUT2D eigenvalue weighted by atomic mass is 79.9. The second-order valence-corrected chi connectivity index (χ2v) is 5.65. The van der Waals surface area contributed by atoms with Crippen molar-refractivity contribution < 1.29 is 9.66 Å². The van der Waals surface area contributed by atoms with Crippen LogP contribution in [0.15, 0.2) is 40.9 Å². The molecule has 3 rings (SSSR count). The highest BCUT2D eigenvalue weighted by molar-refractivity contribution is 9.10. The summed E-state index contributed by atoms with van der Waals surface area (Å²) in [6.45, 7) is 0.925. The number of rotatable bonds is 3. The van der Waals surface area contributed by atoms with Gasteiger partial charge in [0.2, 0.25) is 0 Å². The van der Waals surface area contributed by atoms with E-state index in [0.29, 0.717) is 10.2 Å². The van der Waals surface area contributed by atoms with Gasteiger partial charge in [0.05, 0.1) is 15.1 Å². The number of anilines is 1. The lowest BCUT2D eigenvalue weighted by Crippen LogP contribution is -2.12. The van der Waals surface area contributed by atoms with Crippen LogP contribution in [0.2, 0.25) is 0 Å². The molecular weight excluding hydrogens is 336 g/mol. The number of non-ortho nitro benzene ring substituents is 1. The molecule has 5 nitrogen and oxygen atoms in total. The van der Waals surface area contributed by atoms with Gasteiger partial charge in [-0.3, -0.25) is 10.1 Å². The van der Waals surface area contributed by atoms with Crippen LogP contribution in [-0.2, 0) is 6.42 Å². The molecule has 2 aromatic rings. The second-order valence-electron chi connectivity index (χ2n) is 4.79. The smallest absolute Gasteiger partial charge is 0.270 e. The third-order valence-corrected chi connectivity index (χ3v) is 4.00. The maximum Gasteiger partial charge on any atom is 0.270 e. The summed E-state index contributed by atoms with van der Waals surface area (Å²) >= 11 is 3.32. The quantitative estimate of drug-likeness (QED) is 0.654. The molecule has 0 spiro atoms. The number of para-hydroxylation sites is 1. The number of nitro benzene ring substituents is 1. The lowest BCUT2D eigenvalue weighted by Gasteiger charge is -2.21. The first kappa shape index (κ1) is 13.9. The fourth-order valence-corrected chi connectivity index (χ4v) is 2.82. The highest BCUT2D eigenvalue weighted by Gasteiger charge is 2.16. The monoisotopic (exact) mass is 348 g/mol. The maximum absolute atomic E-state index is 10.7. The molecular formula is C15H13BrN2O3. The van der Waals surface area contributed by atoms with Crippen molar-refractivity contribution in [3.63, 3.8) is 0 Å². The van der Waals surface area contributed by atoms with Crippen LogP contribution in [0.4, 0.5) is 11.4 Å². The molecule has 0 saturated carbocycles. The predicted octanol–water partition coefficient (Wildman–Crippen LogP) is 4.51. The Morgan fingerprint density at radius 3 is 2.86 bits per heavy atom. The van der Waals surface area contributed by atoms with Gasteiger partial charge in [0.15, 0.2) is 5.75 Å². The number of nitro groups is 1. The Bertz CT molecular complexity index is 703. The number of nitrogens with zero attached hydrogens (tertiary/aromatic N) is 1. The SMILES string of the molecule is O=[N+]([O-])c1ccc(Oc2cccc3c2NCCC3)c(Br)c1. The molecule has 0 bridgehead atoms. The number of fused-ring (bicyclic) bond motifs is 1. The molecule has 1 heterocycles. The Labute approximate surface area is 130 Å². The van der Waals surface area contributed by atoms with E-state index in [1.165, 1.54) is 17.7 Å². The molecule has 0 aromatic heterocycles. The predicted molar refractivity (Wildman–Crippen MR) is 84.1 cm³/mol. The summed E-state index contributed by atoms with van der Waals surface area (Å²) in [5.74, 6) is 1.29. The van der Waals surface area contributed by atoms with E-state index >= 15 is 0 Å². The van der Waals surface area contributed by atoms with Crippen molar-refractivity contribution in [3.05, 3.63) is 56.5 Å². The standard InChI is InChI=1S/C15H13BrN2O3/c16-12-9-11(18(19)20)6-7-13(12)21-14-5-1-3-10-4-2-8-17-15(10)14/h1,3,5-7,9,17H,2,4,8H2. The molecule has 0 unspecified atom stereocenters. The van der Waals surface area contributed by atoms with Crippen molar-refractivity contribution in [1.29, 1.82) is 0 Å². The van der Waals surface area contributed by atoms with Crippen molar-refractivity contribution in [2.75, 3.05) is 11.9 Å². The highest BCUT2D eigenvalue weighted by Crippen LogP contribution is 2.38. The number of ether oxygens (including phenoxy) is 1. The summed E-state index contributed by atoms with van der Waals surface area (Å²) in [6, 6.07) is 10.4. The number of hydrogen-bond acceptors (Lipinski definition) is 4. The zero-order valence-corrected chi connectivity index (χ0v) is 12.7. The van der Waals surface area contributed by atoms with Gasteiger partial charge in [0.1, 0.15) is 5.75 Å². The maximum atomic E-state index is 10.7. The molecule has 0 atom stereocenters. The van der Waals surface area contributed by atoms with E-state index in [0.717, 1.165) is 30.8 Å². The summed E-state index contributed by atoms with van der Waals surface area (Å²) in [5, 5.41) is 14.1. The molecule has 21 heavy (non-hydrogen) atoms. The summed E-state index contributed by atoms with van der Waals surface area (Å²) in [4.78, 5) is 10.3. The van der Waals surface area contributed by atoms with Crippen molar-refractivity contribution in [2.45, 2.75) is 12.8 Å². The van der Waals surface area contributed by atoms with Crippen LogP contribution in [0, 0.1) is 10.1 Å². The second kappa shape index (κ2) is 5.73. The summed E-state index contributed by atoms with van der Waals surface area (Å²) in [5.41, 5.74) is 2.27. The van der Waals surface area contributed by atoms with Crippen molar-refractivity contribution in [3.8, 4) is 11.5 Å². The van der Waals surface area contributed by atoms with Crippen LogP contribution in [0.5, 0.6) is 11.5 Å². The van der Waals surface area contributed by atoms with Crippen LogP contribution < -0.4 is 10.1 Å². The summed E-state index contributed by atoms with van der Waals surface area (Å²) in [7, 11) is 0. The van der Waals surface area contributed by atoms with Gasteiger partial charge in [0.25, 0.3) is 5.69 Å². The van der Waals surface area contributed by atoms with E-state index in [1.54, 1.807) is 6.07 Å². The van der Waals surface area contributed by atoms with Gasteiger partial charge in [-0.25, -0.2) is 0 Å². The van der Waals surface area contributed by atoms with Crippen LogP contribution in [-0.4, -0.2) is 11.5 Å². The van der Waals surface area contributed by atoms with E-state index in [1.807, 2.05) is 12.1 Å². The lowest BCUT2D eigenvalue weighted by molar-refractivity contribution is -0.384. The Hall–Kier alpha value is -2.08. The molecule has 1 N–H and O–H groups in total. The molecule has 0 saturated heterocycles. The summed E-state index contributed by atoms with van der Waals surface area (Å²) in [6.07, 6.45) is 2.14. The minimum atomic E-state index is -0.430. The third-order valence-electron chi connectivity index (χ3n) is 3.38. The van der Waals surface area contributed by atoms with Crippen molar-refractivity contribution >= 4 is 27.3 Å². The summed E-state index contributed by atoms with van der Waals surface area (Å²) < 4.78 is 6.47. The van der Waals surface area contributed by atoms with Gasteiger partial charge in [-0.2, -0.15) is 0 Å². The first-order chi connectivity index (χ1) is 10.1. The van der Waals surface area contributed by atoms with E-state index in [4.69, 9.17) is 4.74 Å². The fourth-order valence-electron chi connectivity index (χ4n) is 2.37. The molecule has 1 aliphatic heterocycles. The molecule has 0 aliphatic carbocycles. The van der Waals surface area contributed by atoms with E-state index in [-0.39, 0.29) is 5.69 Å². The van der Waals surface area contributed by atoms with Crippen LogP contribution >= 0.6 is 15.9 Å². The van der Waals surface area contributed by atoms with Gasteiger partial charge in [-0.1, -0.05) is 12.1 Å². The number of hydrogen-bond donors (Lipinski definition) is 1. The van der Waals surface area contributed by atoms with Crippen molar-refractivity contribution in [1.82, 2.24) is 0 Å². The van der Waals surface area contributed by atoms with Crippen LogP contribution in [0.1, 0.15) is 12.0 Å². The Kier molecular flexibility index (Phi) is 3.79. The topological polar surface area (TPSA) is 64.4 Å². The lowest BCUT2D eigenvalue weighted by atomic mass is 10.0. The largest absolute Gasteiger partial charge is 0.454 e. The third kappa shape index (κ3) is 2.85. The molecule has 2 aromatic carbocycles. The van der Waals surface area contributed by atoms with Crippen LogP contribution in [0.25, 0.3) is 0 Å². The van der Waals surface area contributed by atoms with Crippen molar-refractivity contribution in [2.24, 2.45) is 0 Å². The molecule has 108 valence electrons. The minimum absolute atomic E-state index is 0.0300. The molecule has 6 heteroatoms. The number of nitrogens with one attached hydrogen (secondary N) is 1. The Morgan fingerprint density at radius 2 is 2.10 bits per heavy atom. The molecule has 0 radical (unpaired) electrons. The number of benzene rings is 2. The van der Waals surface area contributed by atoms with Gasteiger partial charge < -0.3 is 10.1 Å². The van der Waals surface area contributed by atoms with Crippen LogP contribution in [0.3, 0.4) is 0 Å². The molecule has 0 amide bonds. The zero-order chi connectivity index (χ0) is 14.8. The van der Waals surface area contributed by atoms with E-state index in [2.05, 4.69) is 27.3 Å². The zero-order valence-electron chi connectivity index (χ0n) is 11.1. The average Bonchev–Trinajstić information content (AvgIpc) is 2.49. The van der Waals surface area contributed by atoms with Gasteiger partial charge >= 0.3 is 0 Å². The van der Waals surface area contributed by atoms with E-state index < -0.39 is 4.92 Å². The molecule has 1 aliphatic rings. The molecule has 0 fully saturated rings. The number of halogens is 1. The first-order valence-electron chi connectivity index (χ1n) is 6.63. The van der Waals surface area contributed by atoms with E-state index in [9.17, 15) is 10.1 Å². The van der Waals surface area contributed by atoms with Gasteiger partial charge in [-0.05, 0) is 46.5 Å². The fraction of sp³-hybridized carbons (Fsp3) is 0.200. The Morgan fingerprint density at radius 1 is 1.24 bits per heavy atom. The van der Waals surface area contributed by atoms with Gasteiger partial charge in [-0.15, -0.1) is 0 Å². The first-order valence-corrected chi connectivity index (χ1v) is 7.42. The number of aryl methyl sites for hydroxylation is 1. The minimum Gasteiger partial charge on any atom is -0.454 e. The Balaban J connectivity index is 1.92. The normalized spacial score (nSPS) is 13.2. The van der Waals surface area contributed by atoms with Gasteiger partial charge in [0, 0.05) is 18.7 Å². The average molecular weight is 349 g/mol.